The fourth-order valence-corrected chi connectivity index (χ4v) is 0. The predicted octanol–water partition coefficient (Wildman–Crippen LogP) is -1.95. The molecule has 0 aliphatic rings. The molecule has 0 bridgehead atoms. The van der Waals surface area contributed by atoms with E-state index in [-0.39, 0.29) is 17.1 Å². The number of hydrogen-bond donors (Lipinski definition) is 0. The van der Waals surface area contributed by atoms with Crippen molar-refractivity contribution in [2.75, 3.05) is 0 Å². The van der Waals surface area contributed by atoms with E-state index in [0.29, 0.717) is 0 Å². The summed E-state index contributed by atoms with van der Waals surface area (Å²) >= 11 is 4.04. The van der Waals surface area contributed by atoms with E-state index in [4.69, 9.17) is 0 Å². The molecule has 0 aromatic heterocycles. The molecule has 31 valence electrons. The summed E-state index contributed by atoms with van der Waals surface area (Å²) in [5, 5.41) is 0. The van der Waals surface area contributed by atoms with Gasteiger partial charge in [-0.05, 0) is 0 Å². The standard InChI is InChI=1S/Cu.Sb.H2Se2.2H/c;;1-2;;/h;;1-2H;;/q;+1;;;/p-1. The number of hydrogen-bond acceptors (Lipinski definition) is 0. The second-order valence-corrected chi connectivity index (χ2v) is 19.1. The molecule has 0 rings (SSSR count). The van der Waals surface area contributed by atoms with Crippen LogP contribution in [0.25, 0.3) is 0 Å². The van der Waals surface area contributed by atoms with Crippen LogP contribution in [0.1, 0.15) is 0 Å². The van der Waals surface area contributed by atoms with Crippen LogP contribution in [0, 0.1) is 0 Å². The third-order valence-electron chi connectivity index (χ3n) is 0. The van der Waals surface area contributed by atoms with Gasteiger partial charge in [0, 0.05) is 17.1 Å². The minimum atomic E-state index is 0. The van der Waals surface area contributed by atoms with E-state index < -0.39 is 0 Å². The first kappa shape index (κ1) is 9.62. The molecule has 4 heavy (non-hydrogen) atoms. The van der Waals surface area contributed by atoms with E-state index in [1.165, 1.54) is 20.7 Å². The molecule has 0 atom stereocenters. The molecule has 0 fully saturated rings. The van der Waals surface area contributed by atoms with Gasteiger partial charge in [0.1, 0.15) is 0 Å². The molecule has 4 heteroatoms. The molecular formula is H3CuSbSe2. The Morgan fingerprint density at radius 3 is 1.75 bits per heavy atom. The zero-order valence-electron chi connectivity index (χ0n) is 1.73. The summed E-state index contributed by atoms with van der Waals surface area (Å²) in [4.78, 5) is 0. The second kappa shape index (κ2) is 9.03. The first-order valence-electron chi connectivity index (χ1n) is 0.418. The summed E-state index contributed by atoms with van der Waals surface area (Å²) in [6, 6.07) is 0. The Hall–Kier alpha value is 2.38. The van der Waals surface area contributed by atoms with Gasteiger partial charge in [-0.25, -0.2) is 0 Å². The average Bonchev–Trinajstić information content (AvgIpc) is 0.918. The molecule has 0 N–H and O–H groups in total. The van der Waals surface area contributed by atoms with Crippen molar-refractivity contribution in [1.82, 2.24) is 0 Å². The zero-order chi connectivity index (χ0) is 2.71. The Morgan fingerprint density at radius 1 is 1.75 bits per heavy atom. The van der Waals surface area contributed by atoms with Crippen LogP contribution in [0.4, 0.5) is 0 Å². The molecule has 0 heterocycles. The fourth-order valence-electron chi connectivity index (χ4n) is 0. The summed E-state index contributed by atoms with van der Waals surface area (Å²) in [6.07, 6.45) is 0. The van der Waals surface area contributed by atoms with Crippen LogP contribution < -0.4 is 0 Å². The Labute approximate surface area is 60.9 Å². The maximum atomic E-state index is 2.59. The summed E-state index contributed by atoms with van der Waals surface area (Å²) in [5.41, 5.74) is 0. The SMILES string of the molecule is [Cu].[SeH][Se][SbH2]. The van der Waals surface area contributed by atoms with E-state index in [1.807, 2.05) is 0 Å². The molecule has 0 saturated heterocycles. The van der Waals surface area contributed by atoms with E-state index in [2.05, 4.69) is 14.2 Å². The van der Waals surface area contributed by atoms with E-state index in [1.54, 1.807) is 0 Å². The molecule has 0 aliphatic carbocycles. The minimum absolute atomic E-state index is 0. The summed E-state index contributed by atoms with van der Waals surface area (Å²) in [6.45, 7) is 0. The van der Waals surface area contributed by atoms with Gasteiger partial charge in [-0.2, -0.15) is 0 Å². The van der Waals surface area contributed by atoms with Crippen LogP contribution in [0.2, 0.25) is 0 Å². The Bertz CT molecular complexity index is 6.00. The first-order chi connectivity index (χ1) is 1.41. The quantitative estimate of drug-likeness (QED) is 0.448. The molecule has 1 radical (unpaired) electrons. The van der Waals surface area contributed by atoms with Crippen molar-refractivity contribution in [2.45, 2.75) is 0 Å². The Morgan fingerprint density at radius 2 is 1.75 bits per heavy atom. The van der Waals surface area contributed by atoms with Gasteiger partial charge in [0.2, 0.25) is 0 Å². The van der Waals surface area contributed by atoms with Gasteiger partial charge in [-0.1, -0.05) is 0 Å². The van der Waals surface area contributed by atoms with Gasteiger partial charge in [-0.15, -0.1) is 0 Å². The first-order valence-corrected chi connectivity index (χ1v) is 13.1. The van der Waals surface area contributed by atoms with Gasteiger partial charge in [-0.3, -0.25) is 0 Å². The van der Waals surface area contributed by atoms with Gasteiger partial charge in [0.15, 0.2) is 0 Å². The molecule has 0 aromatic carbocycles. The van der Waals surface area contributed by atoms with Crippen molar-refractivity contribution in [1.29, 1.82) is 0 Å². The van der Waals surface area contributed by atoms with E-state index in [0.717, 1.165) is 9.79 Å². The fraction of sp³-hybridized carbons (Fsp3) is 0. The summed E-state index contributed by atoms with van der Waals surface area (Å²) in [7, 11) is 0.942. The Kier molecular flexibility index (Phi) is 21.7. The third kappa shape index (κ3) is 8.83. The van der Waals surface area contributed by atoms with Crippen LogP contribution in [0.5, 0.6) is 0 Å². The van der Waals surface area contributed by atoms with Crippen molar-refractivity contribution in [2.24, 2.45) is 0 Å². The van der Waals surface area contributed by atoms with Crippen molar-refractivity contribution in [3.05, 3.63) is 0 Å². The molecule has 0 saturated carbocycles. The van der Waals surface area contributed by atoms with Crippen molar-refractivity contribution >= 4 is 44.7 Å². The summed E-state index contributed by atoms with van der Waals surface area (Å²) < 4.78 is 0. The monoisotopic (exact) mass is 347 g/mol. The normalized spacial score (nSPS) is 4.50. The van der Waals surface area contributed by atoms with Crippen LogP contribution in [0.15, 0.2) is 0 Å². The molecule has 0 amide bonds. The van der Waals surface area contributed by atoms with Crippen molar-refractivity contribution in [3.8, 4) is 0 Å². The van der Waals surface area contributed by atoms with Gasteiger partial charge in [0.25, 0.3) is 0 Å². The van der Waals surface area contributed by atoms with E-state index in [9.17, 15) is 0 Å². The molecule has 0 spiro atoms. The summed E-state index contributed by atoms with van der Waals surface area (Å²) in [5.74, 6) is 0. The molecule has 0 nitrogen and oxygen atoms in total. The Balaban J connectivity index is 0. The molecular weight excluding hydrogens is 343 g/mol. The van der Waals surface area contributed by atoms with E-state index >= 15 is 0 Å². The second-order valence-electron chi connectivity index (χ2n) is 0.105. The third-order valence-corrected chi connectivity index (χ3v) is 0. The van der Waals surface area contributed by atoms with Gasteiger partial charge in [0.05, 0.1) is 0 Å². The molecule has 0 aliphatic heterocycles. The van der Waals surface area contributed by atoms with Crippen LogP contribution >= 0.6 is 0 Å². The zero-order valence-corrected chi connectivity index (χ0v) is 9.56. The maximum absolute atomic E-state index is 2.59. The molecule has 0 aromatic rings. The van der Waals surface area contributed by atoms with Crippen LogP contribution in [-0.2, 0) is 17.1 Å². The van der Waals surface area contributed by atoms with Gasteiger partial charge >= 0.3 is 44.7 Å². The van der Waals surface area contributed by atoms with Crippen molar-refractivity contribution in [3.63, 3.8) is 0 Å². The topological polar surface area (TPSA) is 0 Å². The van der Waals surface area contributed by atoms with Crippen LogP contribution in [-0.4, -0.2) is 44.7 Å². The average molecular weight is 346 g/mol. The predicted molar refractivity (Wildman–Crippen MR) is 21.4 cm³/mol. The molecule has 0 unspecified atom stereocenters. The van der Waals surface area contributed by atoms with Gasteiger partial charge < -0.3 is 0 Å². The van der Waals surface area contributed by atoms with Crippen molar-refractivity contribution < 1.29 is 17.1 Å². The number of rotatable bonds is 0. The van der Waals surface area contributed by atoms with Crippen LogP contribution in [0.3, 0.4) is 0 Å².